The van der Waals surface area contributed by atoms with Crippen LogP contribution in [0.25, 0.3) is 0 Å². The van der Waals surface area contributed by atoms with E-state index in [9.17, 15) is 18.0 Å². The van der Waals surface area contributed by atoms with E-state index in [1.165, 1.54) is 19.1 Å². The molecule has 0 aromatic heterocycles. The molecular formula is C30H22F3O2S+. The molecule has 6 heteroatoms. The second kappa shape index (κ2) is 10.3. The normalized spacial score (nSPS) is 13.0. The van der Waals surface area contributed by atoms with E-state index < -0.39 is 23.3 Å². The van der Waals surface area contributed by atoms with Gasteiger partial charge in [0.15, 0.2) is 20.3 Å². The van der Waals surface area contributed by atoms with Crippen LogP contribution in [0, 0.1) is 12.3 Å². The minimum absolute atomic E-state index is 0.0690. The highest BCUT2D eigenvalue weighted by Gasteiger charge is 2.35. The molecule has 0 fully saturated rings. The maximum absolute atomic E-state index is 13.2. The molecule has 4 rings (SSSR count). The highest BCUT2D eigenvalue weighted by molar-refractivity contribution is 7.97. The smallest absolute Gasteiger partial charge is 0.416 e. The van der Waals surface area contributed by atoms with Crippen molar-refractivity contribution in [2.75, 3.05) is 0 Å². The first-order chi connectivity index (χ1) is 17.2. The molecular weight excluding hydrogens is 481 g/mol. The molecule has 4 aromatic carbocycles. The Balaban J connectivity index is 1.61. The van der Waals surface area contributed by atoms with E-state index >= 15 is 0 Å². The van der Waals surface area contributed by atoms with Gasteiger partial charge >= 0.3 is 12.1 Å². The highest BCUT2D eigenvalue weighted by atomic mass is 32.2. The Morgan fingerprint density at radius 2 is 1.25 bits per heavy atom. The van der Waals surface area contributed by atoms with E-state index in [2.05, 4.69) is 30.2 Å². The van der Waals surface area contributed by atoms with Crippen LogP contribution in [0.15, 0.2) is 124 Å². The molecule has 0 N–H and O–H groups in total. The third-order valence-corrected chi connectivity index (χ3v) is 7.83. The van der Waals surface area contributed by atoms with Crippen LogP contribution in [0.5, 0.6) is 0 Å². The fraction of sp³-hybridized carbons (Fsp3) is 0.100. The number of hydrogen-bond donors (Lipinski definition) is 0. The second-order valence-electron chi connectivity index (χ2n) is 8.10. The molecule has 2 nitrogen and oxygen atoms in total. The van der Waals surface area contributed by atoms with Crippen molar-refractivity contribution >= 4 is 16.9 Å². The highest BCUT2D eigenvalue weighted by Crippen LogP contribution is 2.34. The van der Waals surface area contributed by atoms with Gasteiger partial charge in [0.2, 0.25) is 0 Å². The Morgan fingerprint density at radius 1 is 0.750 bits per heavy atom. The quantitative estimate of drug-likeness (QED) is 0.155. The molecule has 1 unspecified atom stereocenters. The van der Waals surface area contributed by atoms with Crippen LogP contribution >= 0.6 is 0 Å². The van der Waals surface area contributed by atoms with Crippen LogP contribution < -0.4 is 0 Å². The lowest BCUT2D eigenvalue weighted by atomic mass is 9.94. The van der Waals surface area contributed by atoms with Gasteiger partial charge in [-0.25, -0.2) is 4.79 Å². The van der Waals surface area contributed by atoms with Crippen molar-refractivity contribution in [2.45, 2.75) is 33.4 Å². The summed E-state index contributed by atoms with van der Waals surface area (Å²) in [6, 6.07) is 31.6. The molecule has 1 atom stereocenters. The van der Waals surface area contributed by atoms with E-state index in [4.69, 9.17) is 11.2 Å². The van der Waals surface area contributed by atoms with Gasteiger partial charge in [-0.15, -0.1) is 6.42 Å². The summed E-state index contributed by atoms with van der Waals surface area (Å²) >= 11 is 0. The minimum atomic E-state index is -4.54. The number of hydrogen-bond acceptors (Lipinski definition) is 2. The van der Waals surface area contributed by atoms with Crippen molar-refractivity contribution in [2.24, 2.45) is 0 Å². The van der Waals surface area contributed by atoms with Crippen molar-refractivity contribution in [3.05, 3.63) is 126 Å². The first kappa shape index (κ1) is 25.2. The Kier molecular flexibility index (Phi) is 7.23. The average Bonchev–Trinajstić information content (AvgIpc) is 2.90. The Bertz CT molecular complexity index is 1340. The lowest BCUT2D eigenvalue weighted by Gasteiger charge is -2.25. The summed E-state index contributed by atoms with van der Waals surface area (Å²) < 4.78 is 45.1. The van der Waals surface area contributed by atoms with Gasteiger partial charge in [0.1, 0.15) is 0 Å². The van der Waals surface area contributed by atoms with Gasteiger partial charge in [0.05, 0.1) is 22.0 Å². The van der Waals surface area contributed by atoms with Crippen LogP contribution in [0.3, 0.4) is 0 Å². The van der Waals surface area contributed by atoms with Gasteiger partial charge in [0, 0.05) is 5.56 Å². The zero-order valence-electron chi connectivity index (χ0n) is 19.3. The number of halogens is 3. The molecule has 0 aliphatic carbocycles. The fourth-order valence-corrected chi connectivity index (χ4v) is 5.74. The molecule has 0 bridgehead atoms. The number of carbonyl (C=O) groups excluding carboxylic acids is 1. The van der Waals surface area contributed by atoms with E-state index in [1.807, 2.05) is 48.5 Å². The van der Waals surface area contributed by atoms with Crippen LogP contribution in [0.2, 0.25) is 0 Å². The zero-order chi connectivity index (χ0) is 25.8. The molecule has 0 radical (unpaired) electrons. The third-order valence-electron chi connectivity index (χ3n) is 5.60. The first-order valence-electron chi connectivity index (χ1n) is 11.0. The number of terminal acetylenes is 1. The Hall–Kier alpha value is -3.95. The number of esters is 1. The number of carbonyl (C=O) groups is 1. The second-order valence-corrected chi connectivity index (χ2v) is 10.1. The molecule has 0 spiro atoms. The van der Waals surface area contributed by atoms with E-state index in [1.54, 1.807) is 12.1 Å². The SMILES string of the molecule is C#CC(C)(OC(=O)c1ccc([S+](c2ccccc2)c2ccccc2)cc1)c1cccc(C(F)(F)F)c1. The van der Waals surface area contributed by atoms with Crippen LogP contribution in [-0.2, 0) is 27.4 Å². The molecule has 180 valence electrons. The number of rotatable bonds is 6. The van der Waals surface area contributed by atoms with Crippen molar-refractivity contribution in [3.63, 3.8) is 0 Å². The molecule has 4 aromatic rings. The first-order valence-corrected chi connectivity index (χ1v) is 12.3. The van der Waals surface area contributed by atoms with E-state index in [-0.39, 0.29) is 22.0 Å². The van der Waals surface area contributed by atoms with Gasteiger partial charge < -0.3 is 4.74 Å². The summed E-state index contributed by atoms with van der Waals surface area (Å²) in [5.74, 6) is 1.61. The lowest BCUT2D eigenvalue weighted by molar-refractivity contribution is -0.137. The molecule has 0 heterocycles. The van der Waals surface area contributed by atoms with Crippen LogP contribution in [-0.4, -0.2) is 5.97 Å². The predicted molar refractivity (Wildman–Crippen MR) is 135 cm³/mol. The van der Waals surface area contributed by atoms with Crippen LogP contribution in [0.4, 0.5) is 13.2 Å². The summed E-state index contributed by atoms with van der Waals surface area (Å²) in [6.45, 7) is 1.40. The van der Waals surface area contributed by atoms with Crippen molar-refractivity contribution in [3.8, 4) is 12.3 Å². The standard InChI is InChI=1S/C30H22F3O2S/c1-3-29(2,23-11-10-12-24(21-23)30(31,32)33)35-28(34)22-17-19-27(20-18-22)36(25-13-6-4-7-14-25)26-15-8-5-9-16-26/h1,4-21H,2H3/q+1. The zero-order valence-corrected chi connectivity index (χ0v) is 20.1. The molecule has 0 saturated heterocycles. The Morgan fingerprint density at radius 3 is 1.75 bits per heavy atom. The predicted octanol–water partition coefficient (Wildman–Crippen LogP) is 7.51. The molecule has 0 aliphatic rings. The monoisotopic (exact) mass is 503 g/mol. The number of ether oxygens (including phenoxy) is 1. The van der Waals surface area contributed by atoms with E-state index in [0.717, 1.165) is 26.8 Å². The van der Waals surface area contributed by atoms with Crippen LogP contribution in [0.1, 0.15) is 28.4 Å². The maximum atomic E-state index is 13.2. The average molecular weight is 504 g/mol. The summed E-state index contributed by atoms with van der Waals surface area (Å²) in [7, 11) is -0.389. The number of benzene rings is 4. The topological polar surface area (TPSA) is 26.3 Å². The Labute approximate surface area is 211 Å². The van der Waals surface area contributed by atoms with Crippen molar-refractivity contribution in [1.29, 1.82) is 0 Å². The van der Waals surface area contributed by atoms with Gasteiger partial charge in [-0.2, -0.15) is 13.2 Å². The molecule has 0 aliphatic heterocycles. The summed E-state index contributed by atoms with van der Waals surface area (Å²) in [6.07, 6.45) is 1.07. The van der Waals surface area contributed by atoms with Crippen molar-refractivity contribution in [1.82, 2.24) is 0 Å². The summed E-state index contributed by atoms with van der Waals surface area (Å²) in [4.78, 5) is 16.2. The van der Waals surface area contributed by atoms with Gasteiger partial charge in [-0.1, -0.05) is 54.5 Å². The maximum Gasteiger partial charge on any atom is 0.416 e. The molecule has 0 saturated carbocycles. The van der Waals surface area contributed by atoms with E-state index in [0.29, 0.717) is 0 Å². The summed E-state index contributed by atoms with van der Waals surface area (Å²) in [5, 5.41) is 0. The largest absolute Gasteiger partial charge is 0.438 e. The van der Waals surface area contributed by atoms with Gasteiger partial charge in [-0.05, 0) is 67.6 Å². The summed E-state index contributed by atoms with van der Waals surface area (Å²) in [5.41, 5.74) is -2.22. The minimum Gasteiger partial charge on any atom is -0.438 e. The van der Waals surface area contributed by atoms with Gasteiger partial charge in [0.25, 0.3) is 0 Å². The molecule has 0 amide bonds. The van der Waals surface area contributed by atoms with Crippen molar-refractivity contribution < 1.29 is 22.7 Å². The number of alkyl halides is 3. The van der Waals surface area contributed by atoms with Gasteiger partial charge in [-0.3, -0.25) is 0 Å². The molecule has 36 heavy (non-hydrogen) atoms. The third kappa shape index (κ3) is 5.48. The fourth-order valence-electron chi connectivity index (χ4n) is 3.66. The lowest BCUT2D eigenvalue weighted by Crippen LogP contribution is -2.28.